The fraction of sp³-hybridized carbons (Fsp3) is 0.867. The maximum Gasteiger partial charge on any atom is 0.307 e. The van der Waals surface area contributed by atoms with Gasteiger partial charge >= 0.3 is 5.97 Å². The topological polar surface area (TPSA) is 69.6 Å². The van der Waals surface area contributed by atoms with Gasteiger partial charge in [0, 0.05) is 19.1 Å². The number of carbonyl (C=O) groups is 2. The van der Waals surface area contributed by atoms with Crippen molar-refractivity contribution in [3.63, 3.8) is 0 Å². The molecule has 2 N–H and O–H groups in total. The summed E-state index contributed by atoms with van der Waals surface area (Å²) >= 11 is 0. The van der Waals surface area contributed by atoms with Crippen molar-refractivity contribution in [1.29, 1.82) is 0 Å². The Kier molecular flexibility index (Phi) is 3.96. The molecule has 0 radical (unpaired) electrons. The van der Waals surface area contributed by atoms with Gasteiger partial charge in [0.05, 0.1) is 11.8 Å². The molecule has 112 valence electrons. The van der Waals surface area contributed by atoms with Crippen LogP contribution in [0.5, 0.6) is 0 Å². The Bertz CT molecular complexity index is 395. The predicted molar refractivity (Wildman–Crippen MR) is 74.2 cm³/mol. The number of likely N-dealkylation sites (tertiary alicyclic amines) is 1. The van der Waals surface area contributed by atoms with Crippen LogP contribution in [0.2, 0.25) is 0 Å². The SMILES string of the molecule is O=C(O)C1CCCC1C(=O)NCC1CCN(C2CC2)C1. The highest BCUT2D eigenvalue weighted by Gasteiger charge is 2.38. The first-order valence-corrected chi connectivity index (χ1v) is 7.89. The molecule has 3 aliphatic rings. The van der Waals surface area contributed by atoms with Crippen molar-refractivity contribution in [2.75, 3.05) is 19.6 Å². The van der Waals surface area contributed by atoms with Crippen molar-refractivity contribution in [3.05, 3.63) is 0 Å². The molecular weight excluding hydrogens is 256 g/mol. The van der Waals surface area contributed by atoms with E-state index in [0.29, 0.717) is 18.9 Å². The van der Waals surface area contributed by atoms with Crippen LogP contribution in [0.1, 0.15) is 38.5 Å². The molecule has 2 saturated carbocycles. The summed E-state index contributed by atoms with van der Waals surface area (Å²) in [7, 11) is 0. The van der Waals surface area contributed by atoms with Crippen LogP contribution in [0.25, 0.3) is 0 Å². The number of nitrogens with zero attached hydrogens (tertiary/aromatic N) is 1. The molecule has 3 fully saturated rings. The highest BCUT2D eigenvalue weighted by Crippen LogP contribution is 2.33. The molecule has 20 heavy (non-hydrogen) atoms. The lowest BCUT2D eigenvalue weighted by Gasteiger charge is -2.18. The predicted octanol–water partition coefficient (Wildman–Crippen LogP) is 1.09. The monoisotopic (exact) mass is 280 g/mol. The van der Waals surface area contributed by atoms with Gasteiger partial charge in [0.2, 0.25) is 5.91 Å². The number of carbonyl (C=O) groups excluding carboxylic acids is 1. The van der Waals surface area contributed by atoms with Crippen LogP contribution < -0.4 is 5.32 Å². The van der Waals surface area contributed by atoms with E-state index in [-0.39, 0.29) is 11.8 Å². The summed E-state index contributed by atoms with van der Waals surface area (Å²) < 4.78 is 0. The minimum atomic E-state index is -0.816. The third kappa shape index (κ3) is 2.97. The van der Waals surface area contributed by atoms with Crippen molar-refractivity contribution >= 4 is 11.9 Å². The molecule has 0 bridgehead atoms. The van der Waals surface area contributed by atoms with Crippen molar-refractivity contribution in [3.8, 4) is 0 Å². The quantitative estimate of drug-likeness (QED) is 0.791. The number of hydrogen-bond donors (Lipinski definition) is 2. The van der Waals surface area contributed by atoms with Gasteiger partial charge in [-0.1, -0.05) is 6.42 Å². The van der Waals surface area contributed by atoms with Gasteiger partial charge in [-0.3, -0.25) is 9.59 Å². The standard InChI is InChI=1S/C15H24N2O3/c18-14(12-2-1-3-13(12)15(19)20)16-8-10-6-7-17(9-10)11-4-5-11/h10-13H,1-9H2,(H,16,18)(H,19,20). The van der Waals surface area contributed by atoms with Crippen molar-refractivity contribution in [1.82, 2.24) is 10.2 Å². The van der Waals surface area contributed by atoms with E-state index in [2.05, 4.69) is 10.2 Å². The van der Waals surface area contributed by atoms with Gasteiger partial charge in [-0.05, 0) is 44.6 Å². The van der Waals surface area contributed by atoms with Crippen LogP contribution in [0, 0.1) is 17.8 Å². The molecule has 0 aromatic rings. The number of carboxylic acids is 1. The van der Waals surface area contributed by atoms with E-state index >= 15 is 0 Å². The molecule has 0 aromatic carbocycles. The number of carboxylic acid groups (broad SMARTS) is 1. The fourth-order valence-corrected chi connectivity index (χ4v) is 3.75. The number of aliphatic carboxylic acids is 1. The Morgan fingerprint density at radius 3 is 2.55 bits per heavy atom. The van der Waals surface area contributed by atoms with Gasteiger partial charge in [0.15, 0.2) is 0 Å². The fourth-order valence-electron chi connectivity index (χ4n) is 3.75. The summed E-state index contributed by atoms with van der Waals surface area (Å²) in [5.41, 5.74) is 0. The minimum absolute atomic E-state index is 0.0419. The molecule has 1 saturated heterocycles. The van der Waals surface area contributed by atoms with E-state index < -0.39 is 11.9 Å². The van der Waals surface area contributed by atoms with Gasteiger partial charge in [0.25, 0.3) is 0 Å². The highest BCUT2D eigenvalue weighted by atomic mass is 16.4. The summed E-state index contributed by atoms with van der Waals surface area (Å²) in [5.74, 6) is -1.09. The normalized spacial score (nSPS) is 34.3. The summed E-state index contributed by atoms with van der Waals surface area (Å²) in [4.78, 5) is 25.8. The lowest BCUT2D eigenvalue weighted by molar-refractivity contribution is -0.146. The molecule has 1 heterocycles. The third-order valence-corrected chi connectivity index (χ3v) is 5.12. The van der Waals surface area contributed by atoms with Gasteiger partial charge in [-0.15, -0.1) is 0 Å². The van der Waals surface area contributed by atoms with E-state index in [4.69, 9.17) is 5.11 Å². The van der Waals surface area contributed by atoms with Crippen LogP contribution in [-0.4, -0.2) is 47.6 Å². The molecule has 1 aliphatic heterocycles. The van der Waals surface area contributed by atoms with Crippen molar-refractivity contribution in [2.24, 2.45) is 17.8 Å². The minimum Gasteiger partial charge on any atom is -0.481 e. The first kappa shape index (κ1) is 13.9. The number of nitrogens with one attached hydrogen (secondary N) is 1. The van der Waals surface area contributed by atoms with Crippen molar-refractivity contribution < 1.29 is 14.7 Å². The summed E-state index contributed by atoms with van der Waals surface area (Å²) in [5, 5.41) is 12.1. The zero-order valence-corrected chi connectivity index (χ0v) is 11.9. The summed E-state index contributed by atoms with van der Waals surface area (Å²) in [6.07, 6.45) is 6.05. The van der Waals surface area contributed by atoms with E-state index in [1.54, 1.807) is 0 Å². The number of amides is 1. The van der Waals surface area contributed by atoms with Crippen LogP contribution >= 0.6 is 0 Å². The lowest BCUT2D eigenvalue weighted by atomic mass is 9.95. The van der Waals surface area contributed by atoms with Gasteiger partial charge < -0.3 is 15.3 Å². The lowest BCUT2D eigenvalue weighted by Crippen LogP contribution is -2.38. The Hall–Kier alpha value is -1.10. The zero-order valence-electron chi connectivity index (χ0n) is 11.9. The van der Waals surface area contributed by atoms with Crippen LogP contribution in [0.15, 0.2) is 0 Å². The van der Waals surface area contributed by atoms with E-state index in [0.717, 1.165) is 38.4 Å². The molecule has 3 rings (SSSR count). The first-order valence-electron chi connectivity index (χ1n) is 7.89. The van der Waals surface area contributed by atoms with Crippen LogP contribution in [-0.2, 0) is 9.59 Å². The van der Waals surface area contributed by atoms with Gasteiger partial charge in [-0.2, -0.15) is 0 Å². The van der Waals surface area contributed by atoms with Crippen LogP contribution in [0.3, 0.4) is 0 Å². The molecule has 1 amide bonds. The number of rotatable bonds is 5. The largest absolute Gasteiger partial charge is 0.481 e. The Balaban J connectivity index is 1.44. The highest BCUT2D eigenvalue weighted by molar-refractivity contribution is 5.85. The molecular formula is C15H24N2O3. The molecule has 3 unspecified atom stereocenters. The first-order chi connectivity index (χ1) is 9.65. The Morgan fingerprint density at radius 2 is 1.85 bits per heavy atom. The summed E-state index contributed by atoms with van der Waals surface area (Å²) in [6.45, 7) is 2.97. The van der Waals surface area contributed by atoms with E-state index in [1.807, 2.05) is 0 Å². The third-order valence-electron chi connectivity index (χ3n) is 5.12. The van der Waals surface area contributed by atoms with E-state index in [9.17, 15) is 9.59 Å². The van der Waals surface area contributed by atoms with E-state index in [1.165, 1.54) is 12.8 Å². The average molecular weight is 280 g/mol. The van der Waals surface area contributed by atoms with Gasteiger partial charge in [-0.25, -0.2) is 0 Å². The second-order valence-corrected chi connectivity index (χ2v) is 6.61. The van der Waals surface area contributed by atoms with Crippen molar-refractivity contribution in [2.45, 2.75) is 44.6 Å². The molecule has 5 heteroatoms. The Labute approximate surface area is 119 Å². The molecule has 3 atom stereocenters. The summed E-state index contributed by atoms with van der Waals surface area (Å²) in [6, 6.07) is 0.807. The zero-order chi connectivity index (χ0) is 14.1. The molecule has 0 aromatic heterocycles. The smallest absolute Gasteiger partial charge is 0.307 e. The Morgan fingerprint density at radius 1 is 1.10 bits per heavy atom. The maximum absolute atomic E-state index is 12.2. The second kappa shape index (κ2) is 5.72. The van der Waals surface area contributed by atoms with Crippen LogP contribution in [0.4, 0.5) is 0 Å². The average Bonchev–Trinajstić information content (AvgIpc) is 2.98. The maximum atomic E-state index is 12.2. The van der Waals surface area contributed by atoms with Gasteiger partial charge in [0.1, 0.15) is 0 Å². The molecule has 5 nitrogen and oxygen atoms in total. The molecule has 2 aliphatic carbocycles. The molecule has 0 spiro atoms. The number of hydrogen-bond acceptors (Lipinski definition) is 3. The second-order valence-electron chi connectivity index (χ2n) is 6.61.